The van der Waals surface area contributed by atoms with Gasteiger partial charge >= 0.3 is 0 Å². The summed E-state index contributed by atoms with van der Waals surface area (Å²) in [6, 6.07) is 13.9. The number of nitrogens with one attached hydrogen (secondary N) is 2. The summed E-state index contributed by atoms with van der Waals surface area (Å²) in [6.45, 7) is 2.79. The maximum absolute atomic E-state index is 12.7. The second-order valence-corrected chi connectivity index (χ2v) is 8.20. The van der Waals surface area contributed by atoms with Crippen LogP contribution in [0.5, 0.6) is 0 Å². The Morgan fingerprint density at radius 1 is 1.17 bits per heavy atom. The molecule has 0 radical (unpaired) electrons. The van der Waals surface area contributed by atoms with Crippen LogP contribution in [0.15, 0.2) is 47.4 Å². The maximum atomic E-state index is 12.7. The normalized spacial score (nSPS) is 17.9. The zero-order chi connectivity index (χ0) is 19.8. The van der Waals surface area contributed by atoms with E-state index in [2.05, 4.69) is 20.9 Å². The van der Waals surface area contributed by atoms with Crippen molar-refractivity contribution in [2.24, 2.45) is 0 Å². The molecular formula is C23H23N5O. The molecule has 1 spiro atoms. The van der Waals surface area contributed by atoms with Gasteiger partial charge in [0.05, 0.1) is 5.69 Å². The number of nitrogens with zero attached hydrogens (tertiary/aromatic N) is 3. The molecule has 0 bridgehead atoms. The van der Waals surface area contributed by atoms with E-state index in [9.17, 15) is 4.79 Å². The van der Waals surface area contributed by atoms with Gasteiger partial charge in [-0.3, -0.25) is 9.69 Å². The van der Waals surface area contributed by atoms with E-state index in [0.717, 1.165) is 67.7 Å². The molecule has 1 fully saturated rings. The van der Waals surface area contributed by atoms with Gasteiger partial charge in [0.2, 0.25) is 0 Å². The minimum absolute atomic E-state index is 0.0135. The van der Waals surface area contributed by atoms with E-state index in [0.29, 0.717) is 11.5 Å². The van der Waals surface area contributed by atoms with Gasteiger partial charge in [0.25, 0.3) is 5.56 Å². The highest BCUT2D eigenvalue weighted by Crippen LogP contribution is 2.44. The summed E-state index contributed by atoms with van der Waals surface area (Å²) in [5, 5.41) is 8.99. The predicted molar refractivity (Wildman–Crippen MR) is 110 cm³/mol. The van der Waals surface area contributed by atoms with Crippen molar-refractivity contribution in [2.75, 3.05) is 13.1 Å². The first-order valence-corrected chi connectivity index (χ1v) is 10.2. The molecule has 146 valence electrons. The summed E-state index contributed by atoms with van der Waals surface area (Å²) in [7, 11) is 0. The van der Waals surface area contributed by atoms with Gasteiger partial charge in [0, 0.05) is 29.3 Å². The van der Waals surface area contributed by atoms with Crippen molar-refractivity contribution in [1.29, 1.82) is 5.26 Å². The largest absolute Gasteiger partial charge is 0.353 e. The first kappa shape index (κ1) is 17.9. The number of nitriles is 1. The Bertz CT molecular complexity index is 1130. The van der Waals surface area contributed by atoms with E-state index >= 15 is 0 Å². The number of likely N-dealkylation sites (tertiary alicyclic amines) is 1. The molecule has 1 aliphatic carbocycles. The molecule has 0 atom stereocenters. The van der Waals surface area contributed by atoms with Crippen LogP contribution in [-0.2, 0) is 18.4 Å². The molecule has 0 amide bonds. The summed E-state index contributed by atoms with van der Waals surface area (Å²) in [6.07, 6.45) is 5.77. The molecule has 6 heteroatoms. The Morgan fingerprint density at radius 2 is 1.97 bits per heavy atom. The Kier molecular flexibility index (Phi) is 4.33. The Morgan fingerprint density at radius 3 is 2.69 bits per heavy atom. The van der Waals surface area contributed by atoms with Crippen molar-refractivity contribution in [3.8, 4) is 17.5 Å². The van der Waals surface area contributed by atoms with Crippen LogP contribution in [0.2, 0.25) is 0 Å². The van der Waals surface area contributed by atoms with Gasteiger partial charge in [0.1, 0.15) is 17.6 Å². The van der Waals surface area contributed by atoms with Gasteiger partial charge in [-0.25, -0.2) is 4.98 Å². The van der Waals surface area contributed by atoms with Gasteiger partial charge in [0.15, 0.2) is 0 Å². The zero-order valence-electron chi connectivity index (χ0n) is 16.2. The number of piperidine rings is 1. The fourth-order valence-corrected chi connectivity index (χ4v) is 4.86. The molecule has 0 saturated carbocycles. The number of aromatic nitrogens is 3. The number of rotatable bonds is 3. The molecule has 2 N–H and O–H groups in total. The van der Waals surface area contributed by atoms with Crippen molar-refractivity contribution < 1.29 is 0 Å². The third kappa shape index (κ3) is 3.18. The molecule has 2 aliphatic rings. The number of aromatic amines is 2. The number of hydrogen-bond donors (Lipinski definition) is 2. The van der Waals surface area contributed by atoms with Crippen LogP contribution in [-0.4, -0.2) is 32.9 Å². The molecule has 3 heterocycles. The fourth-order valence-electron chi connectivity index (χ4n) is 4.86. The van der Waals surface area contributed by atoms with Crippen LogP contribution in [0, 0.1) is 11.3 Å². The highest BCUT2D eigenvalue weighted by Gasteiger charge is 2.43. The molecule has 5 rings (SSSR count). The monoisotopic (exact) mass is 385 g/mol. The lowest BCUT2D eigenvalue weighted by molar-refractivity contribution is 0.150. The minimum atomic E-state index is 0.0135. The van der Waals surface area contributed by atoms with Crippen LogP contribution in [0.1, 0.15) is 41.8 Å². The Hall–Kier alpha value is -3.17. The second kappa shape index (κ2) is 7.02. The van der Waals surface area contributed by atoms with Crippen LogP contribution in [0.3, 0.4) is 0 Å². The van der Waals surface area contributed by atoms with Crippen molar-refractivity contribution in [3.05, 3.63) is 75.5 Å². The number of hydrogen-bond acceptors (Lipinski definition) is 4. The molecule has 6 nitrogen and oxygen atoms in total. The summed E-state index contributed by atoms with van der Waals surface area (Å²) in [5.74, 6) is 0.675. The minimum Gasteiger partial charge on any atom is -0.353 e. The van der Waals surface area contributed by atoms with Gasteiger partial charge in [-0.2, -0.15) is 5.26 Å². The van der Waals surface area contributed by atoms with Crippen LogP contribution < -0.4 is 5.56 Å². The van der Waals surface area contributed by atoms with E-state index in [1.807, 2.05) is 42.6 Å². The van der Waals surface area contributed by atoms with Crippen molar-refractivity contribution >= 4 is 0 Å². The highest BCUT2D eigenvalue weighted by atomic mass is 16.1. The van der Waals surface area contributed by atoms with Crippen molar-refractivity contribution in [2.45, 2.75) is 37.6 Å². The fraction of sp³-hybridized carbons (Fsp3) is 0.348. The van der Waals surface area contributed by atoms with Crippen LogP contribution >= 0.6 is 0 Å². The van der Waals surface area contributed by atoms with E-state index in [1.54, 1.807) is 0 Å². The van der Waals surface area contributed by atoms with Gasteiger partial charge in [-0.15, -0.1) is 0 Å². The van der Waals surface area contributed by atoms with Gasteiger partial charge in [-0.05, 0) is 50.4 Å². The smallest absolute Gasteiger partial charge is 0.254 e. The van der Waals surface area contributed by atoms with E-state index < -0.39 is 0 Å². The summed E-state index contributed by atoms with van der Waals surface area (Å²) in [5.41, 5.74) is 4.63. The maximum Gasteiger partial charge on any atom is 0.254 e. The Balaban J connectivity index is 1.38. The molecule has 1 aliphatic heterocycles. The lowest BCUT2D eigenvalue weighted by Gasteiger charge is -2.39. The molecular weight excluding hydrogens is 362 g/mol. The molecule has 29 heavy (non-hydrogen) atoms. The topological polar surface area (TPSA) is 88.6 Å². The van der Waals surface area contributed by atoms with Crippen molar-refractivity contribution in [3.63, 3.8) is 0 Å². The number of H-pyrrole nitrogens is 2. The summed E-state index contributed by atoms with van der Waals surface area (Å²) < 4.78 is 0. The molecule has 1 aromatic carbocycles. The first-order chi connectivity index (χ1) is 14.2. The van der Waals surface area contributed by atoms with Crippen LogP contribution in [0.4, 0.5) is 0 Å². The average molecular weight is 385 g/mol. The SMILES string of the molecule is N#Cc1cc(CN2CCC3(CCc4c3nc(-c3ccccc3)[nH]c4=O)CC2)c[nH]1. The Labute approximate surface area is 169 Å². The quantitative estimate of drug-likeness (QED) is 0.725. The highest BCUT2D eigenvalue weighted by molar-refractivity contribution is 5.55. The lowest BCUT2D eigenvalue weighted by atomic mass is 9.76. The third-order valence-electron chi connectivity index (χ3n) is 6.50. The summed E-state index contributed by atoms with van der Waals surface area (Å²) >= 11 is 0. The number of benzene rings is 1. The lowest BCUT2D eigenvalue weighted by Crippen LogP contribution is -2.41. The molecule has 3 aromatic rings. The standard InChI is InChI=1S/C23H23N5O/c24-13-18-12-16(14-25-18)15-28-10-8-23(9-11-28)7-6-19-20(23)26-21(27-22(19)29)17-4-2-1-3-5-17/h1-5,12,14,25H,6-11,15H2,(H,26,27,29). The zero-order valence-corrected chi connectivity index (χ0v) is 16.2. The molecule has 0 unspecified atom stereocenters. The molecule has 1 saturated heterocycles. The van der Waals surface area contributed by atoms with Gasteiger partial charge < -0.3 is 9.97 Å². The van der Waals surface area contributed by atoms with E-state index in [4.69, 9.17) is 10.2 Å². The predicted octanol–water partition coefficient (Wildman–Crippen LogP) is 3.12. The van der Waals surface area contributed by atoms with Crippen molar-refractivity contribution in [1.82, 2.24) is 19.9 Å². The van der Waals surface area contributed by atoms with Gasteiger partial charge in [-0.1, -0.05) is 30.3 Å². The number of fused-ring (bicyclic) bond motifs is 2. The van der Waals surface area contributed by atoms with Crippen LogP contribution in [0.25, 0.3) is 11.4 Å². The van der Waals surface area contributed by atoms with E-state index in [-0.39, 0.29) is 11.0 Å². The average Bonchev–Trinajstić information content (AvgIpc) is 3.36. The molecule has 2 aromatic heterocycles. The van der Waals surface area contributed by atoms with E-state index in [1.165, 1.54) is 0 Å². The second-order valence-electron chi connectivity index (χ2n) is 8.20. The summed E-state index contributed by atoms with van der Waals surface area (Å²) in [4.78, 5) is 26.1. The third-order valence-corrected chi connectivity index (χ3v) is 6.50. The first-order valence-electron chi connectivity index (χ1n) is 10.2.